The van der Waals surface area contributed by atoms with Crippen molar-refractivity contribution in [3.05, 3.63) is 0 Å². The maximum Gasteiger partial charge on any atom is 0.229 e. The van der Waals surface area contributed by atoms with Crippen LogP contribution in [-0.4, -0.2) is 27.5 Å². The molecule has 6 heteroatoms. The fraction of sp³-hybridized carbons (Fsp3) is 0.824. The standard InChI is InChI=1S/C17H28N6/c18-15-21-16(19-10-11-4-2-1-3-5-11)23-17(22-15)20-14-9-12-6-7-13(14)8-12/h11-14H,1-10H2,(H4,18,19,20,21,22,23). The summed E-state index contributed by atoms with van der Waals surface area (Å²) in [4.78, 5) is 13.1. The van der Waals surface area contributed by atoms with Crippen LogP contribution in [0.1, 0.15) is 57.8 Å². The summed E-state index contributed by atoms with van der Waals surface area (Å²) in [7, 11) is 0. The Labute approximate surface area is 138 Å². The van der Waals surface area contributed by atoms with Gasteiger partial charge >= 0.3 is 0 Å². The number of anilines is 3. The van der Waals surface area contributed by atoms with Gasteiger partial charge in [-0.05, 0) is 49.9 Å². The van der Waals surface area contributed by atoms with Gasteiger partial charge in [0.25, 0.3) is 0 Å². The third-order valence-corrected chi connectivity index (χ3v) is 5.98. The lowest BCUT2D eigenvalue weighted by atomic mass is 9.89. The number of nitrogens with two attached hydrogens (primary N) is 1. The molecule has 1 aromatic rings. The topological polar surface area (TPSA) is 88.8 Å². The second-order valence-electron chi connectivity index (χ2n) is 7.65. The average Bonchev–Trinajstić information content (AvgIpc) is 3.16. The van der Waals surface area contributed by atoms with Crippen molar-refractivity contribution in [3.63, 3.8) is 0 Å². The number of rotatable bonds is 5. The predicted molar refractivity (Wildman–Crippen MR) is 92.2 cm³/mol. The van der Waals surface area contributed by atoms with Gasteiger partial charge in [0.2, 0.25) is 17.8 Å². The van der Waals surface area contributed by atoms with E-state index in [1.165, 1.54) is 57.8 Å². The molecule has 4 N–H and O–H groups in total. The molecule has 4 rings (SSSR count). The van der Waals surface area contributed by atoms with E-state index in [2.05, 4.69) is 25.6 Å². The summed E-state index contributed by atoms with van der Waals surface area (Å²) in [6.45, 7) is 0.941. The van der Waals surface area contributed by atoms with Crippen molar-refractivity contribution >= 4 is 17.8 Å². The third kappa shape index (κ3) is 3.51. The van der Waals surface area contributed by atoms with E-state index < -0.39 is 0 Å². The van der Waals surface area contributed by atoms with Crippen molar-refractivity contribution in [3.8, 4) is 0 Å². The largest absolute Gasteiger partial charge is 0.368 e. The number of fused-ring (bicyclic) bond motifs is 2. The number of aromatic nitrogens is 3. The van der Waals surface area contributed by atoms with Gasteiger partial charge in [0.1, 0.15) is 0 Å². The Bertz CT molecular complexity index is 542. The van der Waals surface area contributed by atoms with Crippen molar-refractivity contribution in [2.75, 3.05) is 22.9 Å². The van der Waals surface area contributed by atoms with Crippen molar-refractivity contribution in [1.82, 2.24) is 15.0 Å². The number of hydrogen-bond donors (Lipinski definition) is 3. The fourth-order valence-corrected chi connectivity index (χ4v) is 4.75. The smallest absolute Gasteiger partial charge is 0.229 e. The van der Waals surface area contributed by atoms with Crippen LogP contribution in [-0.2, 0) is 0 Å². The summed E-state index contributed by atoms with van der Waals surface area (Å²) < 4.78 is 0. The Morgan fingerprint density at radius 2 is 1.74 bits per heavy atom. The molecule has 23 heavy (non-hydrogen) atoms. The van der Waals surface area contributed by atoms with E-state index in [-0.39, 0.29) is 0 Å². The summed E-state index contributed by atoms with van der Waals surface area (Å²) in [6, 6.07) is 0.516. The molecule has 3 aliphatic carbocycles. The van der Waals surface area contributed by atoms with Gasteiger partial charge < -0.3 is 16.4 Å². The zero-order valence-electron chi connectivity index (χ0n) is 13.8. The van der Waals surface area contributed by atoms with E-state index >= 15 is 0 Å². The average molecular weight is 316 g/mol. The third-order valence-electron chi connectivity index (χ3n) is 5.98. The Balaban J connectivity index is 1.37. The molecule has 2 bridgehead atoms. The molecular formula is C17H28N6. The van der Waals surface area contributed by atoms with Crippen LogP contribution >= 0.6 is 0 Å². The van der Waals surface area contributed by atoms with Crippen molar-refractivity contribution in [2.24, 2.45) is 17.8 Å². The minimum Gasteiger partial charge on any atom is -0.368 e. The maximum atomic E-state index is 5.88. The van der Waals surface area contributed by atoms with E-state index in [9.17, 15) is 0 Å². The molecule has 0 aliphatic heterocycles. The number of nitrogen functional groups attached to an aromatic ring is 1. The first-order valence-corrected chi connectivity index (χ1v) is 9.28. The van der Waals surface area contributed by atoms with Gasteiger partial charge in [0, 0.05) is 12.6 Å². The molecule has 0 saturated heterocycles. The SMILES string of the molecule is Nc1nc(NCC2CCCCC2)nc(NC2CC3CCC2C3)n1. The predicted octanol–water partition coefficient (Wildman–Crippen LogP) is 3.05. The van der Waals surface area contributed by atoms with E-state index in [1.807, 2.05) is 0 Å². The van der Waals surface area contributed by atoms with Crippen LogP contribution in [0.25, 0.3) is 0 Å². The Kier molecular flexibility index (Phi) is 4.23. The van der Waals surface area contributed by atoms with Crippen molar-refractivity contribution < 1.29 is 0 Å². The second-order valence-corrected chi connectivity index (χ2v) is 7.65. The number of nitrogens with zero attached hydrogens (tertiary/aromatic N) is 3. The Morgan fingerprint density at radius 3 is 2.48 bits per heavy atom. The van der Waals surface area contributed by atoms with Crippen LogP contribution < -0.4 is 16.4 Å². The van der Waals surface area contributed by atoms with Gasteiger partial charge in [0.05, 0.1) is 0 Å². The van der Waals surface area contributed by atoms with Crippen LogP contribution in [0, 0.1) is 17.8 Å². The molecule has 3 saturated carbocycles. The summed E-state index contributed by atoms with van der Waals surface area (Å²) in [5.41, 5.74) is 5.88. The van der Waals surface area contributed by atoms with E-state index in [0.717, 1.165) is 24.3 Å². The lowest BCUT2D eigenvalue weighted by molar-refractivity contribution is 0.373. The molecule has 3 fully saturated rings. The molecule has 3 unspecified atom stereocenters. The molecule has 1 heterocycles. The lowest BCUT2D eigenvalue weighted by Gasteiger charge is -2.23. The summed E-state index contributed by atoms with van der Waals surface area (Å²) >= 11 is 0. The van der Waals surface area contributed by atoms with Crippen LogP contribution in [0.15, 0.2) is 0 Å². The minimum atomic E-state index is 0.303. The molecule has 0 amide bonds. The summed E-state index contributed by atoms with van der Waals surface area (Å²) in [6.07, 6.45) is 12.1. The first-order valence-electron chi connectivity index (χ1n) is 9.28. The molecule has 1 aromatic heterocycles. The van der Waals surface area contributed by atoms with Crippen molar-refractivity contribution in [1.29, 1.82) is 0 Å². The molecule has 0 spiro atoms. The molecule has 3 atom stereocenters. The van der Waals surface area contributed by atoms with E-state index in [4.69, 9.17) is 5.73 Å². The van der Waals surface area contributed by atoms with Crippen LogP contribution in [0.3, 0.4) is 0 Å². The van der Waals surface area contributed by atoms with Crippen LogP contribution in [0.2, 0.25) is 0 Å². The highest BCUT2D eigenvalue weighted by molar-refractivity contribution is 5.40. The zero-order chi connectivity index (χ0) is 15.6. The minimum absolute atomic E-state index is 0.303. The van der Waals surface area contributed by atoms with Gasteiger partial charge in [0.15, 0.2) is 0 Å². The van der Waals surface area contributed by atoms with Gasteiger partial charge in [-0.15, -0.1) is 0 Å². The number of nitrogens with one attached hydrogen (secondary N) is 2. The monoisotopic (exact) mass is 316 g/mol. The molecule has 3 aliphatic rings. The fourth-order valence-electron chi connectivity index (χ4n) is 4.75. The first-order chi connectivity index (χ1) is 11.3. The molecule has 6 nitrogen and oxygen atoms in total. The van der Waals surface area contributed by atoms with Gasteiger partial charge in [-0.2, -0.15) is 15.0 Å². The quantitative estimate of drug-likeness (QED) is 0.773. The highest BCUT2D eigenvalue weighted by Crippen LogP contribution is 2.45. The highest BCUT2D eigenvalue weighted by Gasteiger charge is 2.39. The first kappa shape index (κ1) is 15.0. The van der Waals surface area contributed by atoms with Gasteiger partial charge in [-0.3, -0.25) is 0 Å². The van der Waals surface area contributed by atoms with E-state index in [1.54, 1.807) is 0 Å². The lowest BCUT2D eigenvalue weighted by Crippen LogP contribution is -2.27. The van der Waals surface area contributed by atoms with E-state index in [0.29, 0.717) is 23.9 Å². The zero-order valence-corrected chi connectivity index (χ0v) is 13.8. The van der Waals surface area contributed by atoms with Gasteiger partial charge in [-0.1, -0.05) is 25.7 Å². The molecule has 126 valence electrons. The Hall–Kier alpha value is -1.59. The van der Waals surface area contributed by atoms with Crippen LogP contribution in [0.4, 0.5) is 17.8 Å². The summed E-state index contributed by atoms with van der Waals surface area (Å²) in [5.74, 6) is 3.99. The Morgan fingerprint density at radius 1 is 0.913 bits per heavy atom. The van der Waals surface area contributed by atoms with Crippen LogP contribution in [0.5, 0.6) is 0 Å². The highest BCUT2D eigenvalue weighted by atomic mass is 15.3. The molecule has 0 radical (unpaired) electrons. The summed E-state index contributed by atoms with van der Waals surface area (Å²) in [5, 5.41) is 6.88. The maximum absolute atomic E-state index is 5.88. The molecule has 0 aromatic carbocycles. The van der Waals surface area contributed by atoms with Crippen molar-refractivity contribution in [2.45, 2.75) is 63.8 Å². The normalized spacial score (nSPS) is 30.5. The molecular weight excluding hydrogens is 288 g/mol. The number of hydrogen-bond acceptors (Lipinski definition) is 6. The second kappa shape index (κ2) is 6.49. The van der Waals surface area contributed by atoms with Gasteiger partial charge in [-0.25, -0.2) is 0 Å².